The Hall–Kier alpha value is -2.39. The second-order valence-electron chi connectivity index (χ2n) is 4.79. The van der Waals surface area contributed by atoms with Crippen LogP contribution in [0.2, 0.25) is 0 Å². The van der Waals surface area contributed by atoms with Gasteiger partial charge < -0.3 is 0 Å². The highest BCUT2D eigenvalue weighted by Crippen LogP contribution is 2.33. The Labute approximate surface area is 126 Å². The number of fused-ring (bicyclic) bond motifs is 2. The van der Waals surface area contributed by atoms with Crippen LogP contribution < -0.4 is 0 Å². The van der Waals surface area contributed by atoms with Crippen LogP contribution in [0.4, 0.5) is 0 Å². The summed E-state index contributed by atoms with van der Waals surface area (Å²) >= 11 is 1.73. The zero-order valence-corrected chi connectivity index (χ0v) is 12.0. The third-order valence-corrected chi connectivity index (χ3v) is 4.44. The minimum absolute atomic E-state index is 1.02. The summed E-state index contributed by atoms with van der Waals surface area (Å²) in [5.41, 5.74) is 2.05. The maximum Gasteiger partial charge on any atom is 0.0713 e. The van der Waals surface area contributed by atoms with Crippen LogP contribution in [0.15, 0.2) is 82.8 Å². The van der Waals surface area contributed by atoms with E-state index in [1.165, 1.54) is 15.7 Å². The summed E-state index contributed by atoms with van der Waals surface area (Å²) < 4.78 is 0. The molecule has 0 N–H and O–H groups in total. The molecule has 2 aromatic heterocycles. The van der Waals surface area contributed by atoms with Crippen molar-refractivity contribution >= 4 is 33.6 Å². The Morgan fingerprint density at radius 1 is 0.762 bits per heavy atom. The van der Waals surface area contributed by atoms with Gasteiger partial charge in [-0.3, -0.25) is 9.97 Å². The van der Waals surface area contributed by atoms with Gasteiger partial charge in [-0.2, -0.15) is 0 Å². The normalized spacial score (nSPS) is 11.0. The van der Waals surface area contributed by atoms with E-state index < -0.39 is 0 Å². The van der Waals surface area contributed by atoms with Crippen molar-refractivity contribution in [1.82, 2.24) is 9.97 Å². The third-order valence-electron chi connectivity index (χ3n) is 3.40. The van der Waals surface area contributed by atoms with Crippen molar-refractivity contribution in [2.75, 3.05) is 0 Å². The van der Waals surface area contributed by atoms with E-state index in [0.29, 0.717) is 0 Å². The lowest BCUT2D eigenvalue weighted by atomic mass is 10.2. The molecule has 0 aliphatic carbocycles. The summed E-state index contributed by atoms with van der Waals surface area (Å²) in [5, 5.41) is 2.35. The molecular formula is C18H12N2S. The molecule has 0 unspecified atom stereocenters. The van der Waals surface area contributed by atoms with E-state index in [9.17, 15) is 0 Å². The molecule has 2 heterocycles. The second-order valence-corrected chi connectivity index (χ2v) is 5.91. The number of benzene rings is 2. The van der Waals surface area contributed by atoms with E-state index in [0.717, 1.165) is 15.9 Å². The number of rotatable bonds is 2. The Balaban J connectivity index is 1.79. The molecule has 2 aromatic carbocycles. The fourth-order valence-corrected chi connectivity index (χ4v) is 3.35. The van der Waals surface area contributed by atoms with Crippen LogP contribution in [0, 0.1) is 0 Å². The van der Waals surface area contributed by atoms with Crippen molar-refractivity contribution in [1.29, 1.82) is 0 Å². The molecule has 100 valence electrons. The molecule has 4 rings (SSSR count). The molecule has 0 saturated carbocycles. The molecular weight excluding hydrogens is 276 g/mol. The highest BCUT2D eigenvalue weighted by atomic mass is 32.2. The highest BCUT2D eigenvalue weighted by molar-refractivity contribution is 7.99. The average Bonchev–Trinajstić information content (AvgIpc) is 2.55. The predicted octanol–water partition coefficient (Wildman–Crippen LogP) is 4.93. The summed E-state index contributed by atoms with van der Waals surface area (Å²) in [6.45, 7) is 0. The van der Waals surface area contributed by atoms with Gasteiger partial charge in [0.1, 0.15) is 0 Å². The zero-order chi connectivity index (χ0) is 14.1. The van der Waals surface area contributed by atoms with Crippen LogP contribution in [0.1, 0.15) is 0 Å². The Morgan fingerprint density at radius 3 is 2.52 bits per heavy atom. The monoisotopic (exact) mass is 288 g/mol. The molecule has 0 bridgehead atoms. The lowest BCUT2D eigenvalue weighted by Crippen LogP contribution is -1.83. The zero-order valence-electron chi connectivity index (χ0n) is 11.2. The SMILES string of the molecule is c1ccc2ncc(Sc3ccnc4ccccc34)cc2c1. The lowest BCUT2D eigenvalue weighted by Gasteiger charge is -2.06. The van der Waals surface area contributed by atoms with Crippen molar-refractivity contribution in [3.63, 3.8) is 0 Å². The van der Waals surface area contributed by atoms with Crippen LogP contribution >= 0.6 is 11.8 Å². The van der Waals surface area contributed by atoms with E-state index >= 15 is 0 Å². The summed E-state index contributed by atoms with van der Waals surface area (Å²) in [7, 11) is 0. The third kappa shape index (κ3) is 2.36. The first-order chi connectivity index (χ1) is 10.4. The standard InChI is InChI=1S/C18H12N2S/c1-3-7-16-13(5-1)11-14(12-20-16)21-18-9-10-19-17-8-4-2-6-15(17)18/h1-12H. The van der Waals surface area contributed by atoms with Gasteiger partial charge in [0.2, 0.25) is 0 Å². The van der Waals surface area contributed by atoms with Crippen LogP contribution in [-0.2, 0) is 0 Å². The van der Waals surface area contributed by atoms with Crippen molar-refractivity contribution in [2.24, 2.45) is 0 Å². The van der Waals surface area contributed by atoms with Gasteiger partial charge in [-0.25, -0.2) is 0 Å². The number of pyridine rings is 2. The van der Waals surface area contributed by atoms with E-state index in [-0.39, 0.29) is 0 Å². The van der Waals surface area contributed by atoms with Crippen LogP contribution in [0.25, 0.3) is 21.8 Å². The molecule has 3 heteroatoms. The molecule has 0 aliphatic rings. The molecule has 0 spiro atoms. The van der Waals surface area contributed by atoms with Gasteiger partial charge in [-0.05, 0) is 24.3 Å². The van der Waals surface area contributed by atoms with Crippen LogP contribution in [0.3, 0.4) is 0 Å². The number of hydrogen-bond donors (Lipinski definition) is 0. The molecule has 0 fully saturated rings. The quantitative estimate of drug-likeness (QED) is 0.523. The minimum atomic E-state index is 1.02. The Bertz CT molecular complexity index is 929. The minimum Gasteiger partial charge on any atom is -0.256 e. The van der Waals surface area contributed by atoms with E-state index in [1.807, 2.05) is 48.8 Å². The molecule has 21 heavy (non-hydrogen) atoms. The lowest BCUT2D eigenvalue weighted by molar-refractivity contribution is 1.29. The van der Waals surface area contributed by atoms with E-state index in [4.69, 9.17) is 0 Å². The molecule has 0 aliphatic heterocycles. The second kappa shape index (κ2) is 5.19. The topological polar surface area (TPSA) is 25.8 Å². The summed E-state index contributed by atoms with van der Waals surface area (Å²) in [6.07, 6.45) is 3.79. The van der Waals surface area contributed by atoms with Gasteiger partial charge in [-0.15, -0.1) is 0 Å². The van der Waals surface area contributed by atoms with Gasteiger partial charge in [-0.1, -0.05) is 48.2 Å². The van der Waals surface area contributed by atoms with Crippen molar-refractivity contribution in [3.05, 3.63) is 73.1 Å². The number of para-hydroxylation sites is 2. The predicted molar refractivity (Wildman–Crippen MR) is 87.6 cm³/mol. The van der Waals surface area contributed by atoms with Gasteiger partial charge in [0.15, 0.2) is 0 Å². The maximum atomic E-state index is 4.52. The van der Waals surface area contributed by atoms with E-state index in [2.05, 4.69) is 34.2 Å². The first-order valence-corrected chi connectivity index (χ1v) is 7.58. The maximum absolute atomic E-state index is 4.52. The molecule has 0 radical (unpaired) electrons. The van der Waals surface area contributed by atoms with Crippen molar-refractivity contribution in [2.45, 2.75) is 9.79 Å². The summed E-state index contributed by atoms with van der Waals surface area (Å²) in [5.74, 6) is 0. The first-order valence-electron chi connectivity index (χ1n) is 6.76. The van der Waals surface area contributed by atoms with Gasteiger partial charge in [0.25, 0.3) is 0 Å². The van der Waals surface area contributed by atoms with Crippen molar-refractivity contribution < 1.29 is 0 Å². The van der Waals surface area contributed by atoms with Crippen LogP contribution in [-0.4, -0.2) is 9.97 Å². The first kappa shape index (κ1) is 12.4. The van der Waals surface area contributed by atoms with Gasteiger partial charge >= 0.3 is 0 Å². The molecule has 4 aromatic rings. The average molecular weight is 288 g/mol. The Kier molecular flexibility index (Phi) is 3.05. The molecule has 0 amide bonds. The smallest absolute Gasteiger partial charge is 0.0713 e. The number of hydrogen-bond acceptors (Lipinski definition) is 3. The summed E-state index contributed by atoms with van der Waals surface area (Å²) in [6, 6.07) is 20.6. The van der Waals surface area contributed by atoms with Gasteiger partial charge in [0, 0.05) is 33.0 Å². The molecule has 0 atom stereocenters. The van der Waals surface area contributed by atoms with Crippen LogP contribution in [0.5, 0.6) is 0 Å². The molecule has 2 nitrogen and oxygen atoms in total. The fourth-order valence-electron chi connectivity index (χ4n) is 2.39. The van der Waals surface area contributed by atoms with E-state index in [1.54, 1.807) is 11.8 Å². The number of aromatic nitrogens is 2. The largest absolute Gasteiger partial charge is 0.256 e. The van der Waals surface area contributed by atoms with Crippen molar-refractivity contribution in [3.8, 4) is 0 Å². The summed E-state index contributed by atoms with van der Waals surface area (Å²) in [4.78, 5) is 11.3. The fraction of sp³-hybridized carbons (Fsp3) is 0. The number of nitrogens with zero attached hydrogens (tertiary/aromatic N) is 2. The molecule has 0 saturated heterocycles. The Morgan fingerprint density at radius 2 is 1.57 bits per heavy atom. The van der Waals surface area contributed by atoms with Gasteiger partial charge in [0.05, 0.1) is 11.0 Å². The highest BCUT2D eigenvalue weighted by Gasteiger charge is 2.04.